The van der Waals surface area contributed by atoms with Crippen LogP contribution >= 0.6 is 0 Å². The first-order valence-corrected chi connectivity index (χ1v) is 10.9. The van der Waals surface area contributed by atoms with Crippen molar-refractivity contribution in [1.82, 2.24) is 15.1 Å². The molecule has 7 nitrogen and oxygen atoms in total. The van der Waals surface area contributed by atoms with Gasteiger partial charge in [-0.2, -0.15) is 0 Å². The number of amides is 2. The van der Waals surface area contributed by atoms with E-state index in [-0.39, 0.29) is 12.1 Å². The summed E-state index contributed by atoms with van der Waals surface area (Å²) in [6.07, 6.45) is -0.737. The van der Waals surface area contributed by atoms with E-state index in [0.717, 1.165) is 30.2 Å². The monoisotopic (exact) mass is 425 g/mol. The predicted molar refractivity (Wildman–Crippen MR) is 119 cm³/mol. The van der Waals surface area contributed by atoms with Gasteiger partial charge in [0.1, 0.15) is 30.3 Å². The summed E-state index contributed by atoms with van der Waals surface area (Å²) in [5.41, 5.74) is 3.58. The summed E-state index contributed by atoms with van der Waals surface area (Å²) in [4.78, 5) is 15.5. The van der Waals surface area contributed by atoms with E-state index in [1.807, 2.05) is 42.5 Å². The van der Waals surface area contributed by atoms with Gasteiger partial charge < -0.3 is 24.8 Å². The number of urea groups is 1. The molecule has 2 aromatic carbocycles. The molecule has 0 aromatic heterocycles. The Kier molecular flexibility index (Phi) is 6.63. The largest absolute Gasteiger partial charge is 0.492 e. The second-order valence-electron chi connectivity index (χ2n) is 8.38. The van der Waals surface area contributed by atoms with E-state index in [2.05, 4.69) is 24.1 Å². The van der Waals surface area contributed by atoms with Crippen molar-refractivity contribution in [3.63, 3.8) is 0 Å². The number of nitrogens with one attached hydrogen (secondary N) is 1. The first kappa shape index (κ1) is 21.5. The van der Waals surface area contributed by atoms with E-state index in [1.54, 1.807) is 4.90 Å². The number of aliphatic hydroxyl groups is 1. The number of carbonyl (C=O) groups is 1. The Morgan fingerprint density at radius 2 is 1.84 bits per heavy atom. The number of likely N-dealkylation sites (tertiary alicyclic amines) is 1. The van der Waals surface area contributed by atoms with Gasteiger partial charge in [0, 0.05) is 32.7 Å². The molecule has 2 atom stereocenters. The topological polar surface area (TPSA) is 74.3 Å². The number of ether oxygens (including phenoxy) is 2. The van der Waals surface area contributed by atoms with Crippen LogP contribution in [0.1, 0.15) is 16.7 Å². The highest BCUT2D eigenvalue weighted by Gasteiger charge is 2.33. The number of carbonyl (C=O) groups excluding carboxylic acids is 1. The number of hydrogen-bond donors (Lipinski definition) is 2. The van der Waals surface area contributed by atoms with Crippen LogP contribution in [0.4, 0.5) is 4.79 Å². The third-order valence-corrected chi connectivity index (χ3v) is 5.98. The average Bonchev–Trinajstić information content (AvgIpc) is 3.31. The van der Waals surface area contributed by atoms with Gasteiger partial charge in [0.2, 0.25) is 0 Å². The molecule has 31 heavy (non-hydrogen) atoms. The van der Waals surface area contributed by atoms with E-state index < -0.39 is 6.10 Å². The van der Waals surface area contributed by atoms with E-state index in [9.17, 15) is 9.90 Å². The van der Waals surface area contributed by atoms with E-state index in [1.165, 1.54) is 11.1 Å². The molecule has 2 aliphatic rings. The quantitative estimate of drug-likeness (QED) is 0.679. The Labute approximate surface area is 183 Å². The van der Waals surface area contributed by atoms with Crippen LogP contribution < -0.4 is 14.8 Å². The SMILES string of the molecule is Cc1ccc(O[C@H]2CN(Cc3ccc(OCCN4CCNC4=O)cc3)C[C@@H]2O)cc1C. The molecule has 2 heterocycles. The number of β-amino-alcohol motifs (C(OH)–C–C–N with tert-alkyl or cyclic N) is 1. The smallest absolute Gasteiger partial charge is 0.317 e. The normalized spacial score (nSPS) is 21.4. The minimum Gasteiger partial charge on any atom is -0.492 e. The van der Waals surface area contributed by atoms with Crippen molar-refractivity contribution in [2.24, 2.45) is 0 Å². The maximum absolute atomic E-state index is 11.5. The number of nitrogens with zero attached hydrogens (tertiary/aromatic N) is 2. The molecule has 0 saturated carbocycles. The number of hydrogen-bond acceptors (Lipinski definition) is 5. The zero-order chi connectivity index (χ0) is 21.8. The number of aliphatic hydroxyl groups excluding tert-OH is 1. The van der Waals surface area contributed by atoms with Crippen molar-refractivity contribution in [1.29, 1.82) is 0 Å². The van der Waals surface area contributed by atoms with Gasteiger partial charge in [0.25, 0.3) is 0 Å². The summed E-state index contributed by atoms with van der Waals surface area (Å²) in [5.74, 6) is 1.60. The number of aryl methyl sites for hydroxylation is 2. The van der Waals surface area contributed by atoms with E-state index >= 15 is 0 Å². The third kappa shape index (κ3) is 5.48. The molecule has 0 aliphatic carbocycles. The molecule has 0 bridgehead atoms. The fourth-order valence-corrected chi connectivity index (χ4v) is 3.99. The van der Waals surface area contributed by atoms with Gasteiger partial charge in [-0.25, -0.2) is 4.79 Å². The lowest BCUT2D eigenvalue weighted by molar-refractivity contribution is 0.0736. The molecule has 2 saturated heterocycles. The van der Waals surface area contributed by atoms with E-state index in [0.29, 0.717) is 32.8 Å². The second-order valence-corrected chi connectivity index (χ2v) is 8.38. The minimum atomic E-state index is -0.507. The van der Waals surface area contributed by atoms with Gasteiger partial charge in [-0.05, 0) is 54.8 Å². The lowest BCUT2D eigenvalue weighted by Crippen LogP contribution is -2.31. The molecule has 2 amide bonds. The molecule has 0 unspecified atom stereocenters. The van der Waals surface area contributed by atoms with Gasteiger partial charge >= 0.3 is 6.03 Å². The maximum Gasteiger partial charge on any atom is 0.317 e. The fourth-order valence-electron chi connectivity index (χ4n) is 3.99. The Hall–Kier alpha value is -2.77. The lowest BCUT2D eigenvalue weighted by Gasteiger charge is -2.18. The second kappa shape index (κ2) is 9.58. The van der Waals surface area contributed by atoms with Crippen LogP contribution in [0.5, 0.6) is 11.5 Å². The summed E-state index contributed by atoms with van der Waals surface area (Å²) in [5, 5.41) is 13.2. The lowest BCUT2D eigenvalue weighted by atomic mass is 10.1. The van der Waals surface area contributed by atoms with Crippen LogP contribution in [0.2, 0.25) is 0 Å². The van der Waals surface area contributed by atoms with Crippen molar-refractivity contribution < 1.29 is 19.4 Å². The summed E-state index contributed by atoms with van der Waals surface area (Å²) in [7, 11) is 0. The predicted octanol–water partition coefficient (Wildman–Crippen LogP) is 2.33. The van der Waals surface area contributed by atoms with Gasteiger partial charge in [-0.15, -0.1) is 0 Å². The van der Waals surface area contributed by atoms with Gasteiger partial charge in [0.15, 0.2) is 0 Å². The zero-order valence-corrected chi connectivity index (χ0v) is 18.2. The molecule has 2 N–H and O–H groups in total. The minimum absolute atomic E-state index is 0.0217. The molecule has 7 heteroatoms. The molecule has 0 radical (unpaired) electrons. The van der Waals surface area contributed by atoms with Crippen molar-refractivity contribution in [3.05, 3.63) is 59.2 Å². The summed E-state index contributed by atoms with van der Waals surface area (Å²) < 4.78 is 11.8. The van der Waals surface area contributed by atoms with Gasteiger partial charge in [-0.1, -0.05) is 18.2 Å². The van der Waals surface area contributed by atoms with Crippen LogP contribution in [-0.2, 0) is 6.54 Å². The number of benzene rings is 2. The Morgan fingerprint density at radius 3 is 2.55 bits per heavy atom. The molecular weight excluding hydrogens is 394 g/mol. The number of rotatable bonds is 8. The first-order valence-electron chi connectivity index (χ1n) is 10.9. The Balaban J connectivity index is 1.24. The molecule has 166 valence electrons. The van der Waals surface area contributed by atoms with Crippen molar-refractivity contribution in [2.75, 3.05) is 39.3 Å². The van der Waals surface area contributed by atoms with Crippen LogP contribution in [-0.4, -0.2) is 72.5 Å². The Bertz CT molecular complexity index is 902. The van der Waals surface area contributed by atoms with Crippen LogP contribution in [0, 0.1) is 13.8 Å². The van der Waals surface area contributed by atoms with Gasteiger partial charge in [-0.3, -0.25) is 4.90 Å². The summed E-state index contributed by atoms with van der Waals surface area (Å²) in [6, 6.07) is 14.0. The fraction of sp³-hybridized carbons (Fsp3) is 0.458. The molecule has 0 spiro atoms. The first-order chi connectivity index (χ1) is 15.0. The molecular formula is C24H31N3O4. The molecule has 4 rings (SSSR count). The van der Waals surface area contributed by atoms with Crippen molar-refractivity contribution in [3.8, 4) is 11.5 Å². The van der Waals surface area contributed by atoms with Gasteiger partial charge in [0.05, 0.1) is 6.54 Å². The highest BCUT2D eigenvalue weighted by atomic mass is 16.5. The highest BCUT2D eigenvalue weighted by molar-refractivity contribution is 5.76. The van der Waals surface area contributed by atoms with E-state index in [4.69, 9.17) is 9.47 Å². The van der Waals surface area contributed by atoms with Crippen LogP contribution in [0.15, 0.2) is 42.5 Å². The molecule has 2 fully saturated rings. The van der Waals surface area contributed by atoms with Crippen molar-refractivity contribution >= 4 is 6.03 Å². The van der Waals surface area contributed by atoms with Crippen LogP contribution in [0.3, 0.4) is 0 Å². The third-order valence-electron chi connectivity index (χ3n) is 5.98. The summed E-state index contributed by atoms with van der Waals surface area (Å²) >= 11 is 0. The average molecular weight is 426 g/mol. The maximum atomic E-state index is 11.5. The highest BCUT2D eigenvalue weighted by Crippen LogP contribution is 2.23. The zero-order valence-electron chi connectivity index (χ0n) is 18.2. The molecule has 2 aliphatic heterocycles. The summed E-state index contributed by atoms with van der Waals surface area (Å²) in [6.45, 7) is 8.66. The molecule has 2 aromatic rings. The van der Waals surface area contributed by atoms with Crippen molar-refractivity contribution in [2.45, 2.75) is 32.6 Å². The standard InChI is InChI=1S/C24H31N3O4/c1-17-3-6-21(13-18(17)2)31-23-16-26(15-22(23)28)14-19-4-7-20(8-5-19)30-12-11-27-10-9-25-24(27)29/h3-8,13,22-23,28H,9-12,14-16H2,1-2H3,(H,25,29)/t22-,23-/m0/s1. The Morgan fingerprint density at radius 1 is 1.06 bits per heavy atom. The van der Waals surface area contributed by atoms with Crippen LogP contribution in [0.25, 0.3) is 0 Å².